The Kier molecular flexibility index (Phi) is 6.96. The molecule has 1 fully saturated rings. The molecule has 1 saturated heterocycles. The van der Waals surface area contributed by atoms with Gasteiger partial charge in [-0.25, -0.2) is 4.79 Å². The quantitative estimate of drug-likeness (QED) is 0.749. The van der Waals surface area contributed by atoms with E-state index in [1.807, 2.05) is 7.05 Å². The fourth-order valence-corrected chi connectivity index (χ4v) is 1.78. The van der Waals surface area contributed by atoms with Gasteiger partial charge in [-0.05, 0) is 6.42 Å². The molecular formula is C12H25N3O2. The largest absolute Gasteiger partial charge is 0.379 e. The third-order valence-electron chi connectivity index (χ3n) is 3.00. The first-order valence-electron chi connectivity index (χ1n) is 6.53. The lowest BCUT2D eigenvalue weighted by Crippen LogP contribution is -2.44. The molecule has 1 N–H and O–H groups in total. The lowest BCUT2D eigenvalue weighted by molar-refractivity contribution is 0.0386. The fraction of sp³-hybridized carbons (Fsp3) is 0.917. The lowest BCUT2D eigenvalue weighted by atomic mass is 10.3. The van der Waals surface area contributed by atoms with E-state index < -0.39 is 0 Å². The summed E-state index contributed by atoms with van der Waals surface area (Å²) < 4.78 is 5.27. The number of ether oxygens (including phenoxy) is 1. The molecule has 0 radical (unpaired) electrons. The Morgan fingerprint density at radius 3 is 2.76 bits per heavy atom. The van der Waals surface area contributed by atoms with E-state index in [4.69, 9.17) is 4.74 Å². The van der Waals surface area contributed by atoms with E-state index in [-0.39, 0.29) is 6.03 Å². The first-order chi connectivity index (χ1) is 8.24. The van der Waals surface area contributed by atoms with Gasteiger partial charge in [-0.15, -0.1) is 0 Å². The normalized spacial score (nSPS) is 16.8. The van der Waals surface area contributed by atoms with Gasteiger partial charge in [0.1, 0.15) is 0 Å². The summed E-state index contributed by atoms with van der Waals surface area (Å²) in [5, 5.41) is 2.94. The molecule has 100 valence electrons. The van der Waals surface area contributed by atoms with E-state index in [1.165, 1.54) is 0 Å². The predicted octanol–water partition coefficient (Wildman–Crippen LogP) is 0.760. The standard InChI is InChI=1S/C12H25N3O2/c1-3-4-6-14(2)12(16)13-5-7-15-8-10-17-11-9-15/h3-11H2,1-2H3,(H,13,16). The van der Waals surface area contributed by atoms with Crippen molar-refractivity contribution in [1.29, 1.82) is 0 Å². The van der Waals surface area contributed by atoms with Crippen LogP contribution < -0.4 is 5.32 Å². The summed E-state index contributed by atoms with van der Waals surface area (Å²) in [5.74, 6) is 0. The predicted molar refractivity (Wildman–Crippen MR) is 68.2 cm³/mol. The number of morpholine rings is 1. The van der Waals surface area contributed by atoms with Crippen molar-refractivity contribution >= 4 is 6.03 Å². The Morgan fingerprint density at radius 2 is 2.12 bits per heavy atom. The molecule has 0 unspecified atom stereocenters. The second kappa shape index (κ2) is 8.31. The number of rotatable bonds is 6. The summed E-state index contributed by atoms with van der Waals surface area (Å²) in [6.45, 7) is 8.16. The van der Waals surface area contributed by atoms with Crippen molar-refractivity contribution < 1.29 is 9.53 Å². The Labute approximate surface area is 104 Å². The molecule has 2 amide bonds. The van der Waals surface area contributed by atoms with Crippen molar-refractivity contribution in [2.45, 2.75) is 19.8 Å². The molecule has 0 aliphatic carbocycles. The fourth-order valence-electron chi connectivity index (χ4n) is 1.78. The van der Waals surface area contributed by atoms with Crippen LogP contribution in [0.5, 0.6) is 0 Å². The summed E-state index contributed by atoms with van der Waals surface area (Å²) in [6.07, 6.45) is 2.18. The van der Waals surface area contributed by atoms with Crippen LogP contribution in [0, 0.1) is 0 Å². The van der Waals surface area contributed by atoms with Crippen LogP contribution in [-0.4, -0.2) is 68.8 Å². The van der Waals surface area contributed by atoms with Crippen LogP contribution in [0.4, 0.5) is 4.79 Å². The zero-order chi connectivity index (χ0) is 12.5. The first kappa shape index (κ1) is 14.3. The Balaban J connectivity index is 2.06. The Bertz CT molecular complexity index is 218. The van der Waals surface area contributed by atoms with Gasteiger partial charge in [-0.3, -0.25) is 4.90 Å². The molecule has 0 aromatic carbocycles. The number of nitrogens with zero attached hydrogens (tertiary/aromatic N) is 2. The number of hydrogen-bond acceptors (Lipinski definition) is 3. The van der Waals surface area contributed by atoms with Crippen LogP contribution in [0.3, 0.4) is 0 Å². The van der Waals surface area contributed by atoms with Crippen LogP contribution in [0.2, 0.25) is 0 Å². The molecule has 1 rings (SSSR count). The number of hydrogen-bond donors (Lipinski definition) is 1. The molecule has 0 atom stereocenters. The highest BCUT2D eigenvalue weighted by atomic mass is 16.5. The highest BCUT2D eigenvalue weighted by Gasteiger charge is 2.11. The van der Waals surface area contributed by atoms with Crippen molar-refractivity contribution in [3.05, 3.63) is 0 Å². The van der Waals surface area contributed by atoms with E-state index in [1.54, 1.807) is 4.90 Å². The summed E-state index contributed by atoms with van der Waals surface area (Å²) in [7, 11) is 1.85. The van der Waals surface area contributed by atoms with Gasteiger partial charge in [0.25, 0.3) is 0 Å². The SMILES string of the molecule is CCCCN(C)C(=O)NCCN1CCOCC1. The molecule has 0 bridgehead atoms. The lowest BCUT2D eigenvalue weighted by Gasteiger charge is -2.27. The summed E-state index contributed by atoms with van der Waals surface area (Å²) in [6, 6.07) is 0.0340. The first-order valence-corrected chi connectivity index (χ1v) is 6.53. The van der Waals surface area contributed by atoms with Crippen molar-refractivity contribution in [2.75, 3.05) is 53.0 Å². The van der Waals surface area contributed by atoms with Gasteiger partial charge >= 0.3 is 6.03 Å². The van der Waals surface area contributed by atoms with Crippen LogP contribution in [0.25, 0.3) is 0 Å². The molecule has 17 heavy (non-hydrogen) atoms. The smallest absolute Gasteiger partial charge is 0.317 e. The molecule has 1 heterocycles. The highest BCUT2D eigenvalue weighted by molar-refractivity contribution is 5.73. The molecule has 0 saturated carbocycles. The van der Waals surface area contributed by atoms with Gasteiger partial charge in [0.05, 0.1) is 13.2 Å². The number of carbonyl (C=O) groups excluding carboxylic acids is 1. The second-order valence-corrected chi connectivity index (χ2v) is 4.46. The van der Waals surface area contributed by atoms with Gasteiger partial charge in [0, 0.05) is 39.8 Å². The maximum atomic E-state index is 11.7. The molecule has 5 nitrogen and oxygen atoms in total. The minimum absolute atomic E-state index is 0.0340. The van der Waals surface area contributed by atoms with Gasteiger partial charge in [0.2, 0.25) is 0 Å². The van der Waals surface area contributed by atoms with Gasteiger partial charge in [-0.1, -0.05) is 13.3 Å². The summed E-state index contributed by atoms with van der Waals surface area (Å²) in [5.41, 5.74) is 0. The number of amides is 2. The van der Waals surface area contributed by atoms with Crippen molar-refractivity contribution in [3.8, 4) is 0 Å². The average molecular weight is 243 g/mol. The molecular weight excluding hydrogens is 218 g/mol. The molecule has 1 aliphatic rings. The molecule has 0 aromatic heterocycles. The van der Waals surface area contributed by atoms with E-state index in [0.717, 1.165) is 58.8 Å². The number of nitrogens with one attached hydrogen (secondary N) is 1. The molecule has 5 heteroatoms. The number of carbonyl (C=O) groups is 1. The van der Waals surface area contributed by atoms with Crippen LogP contribution in [0.15, 0.2) is 0 Å². The van der Waals surface area contributed by atoms with Crippen LogP contribution in [-0.2, 0) is 4.74 Å². The zero-order valence-electron chi connectivity index (χ0n) is 11.1. The minimum atomic E-state index is 0.0340. The molecule has 0 aromatic rings. The maximum absolute atomic E-state index is 11.7. The zero-order valence-corrected chi connectivity index (χ0v) is 11.1. The van der Waals surface area contributed by atoms with E-state index >= 15 is 0 Å². The van der Waals surface area contributed by atoms with Gasteiger partial charge in [-0.2, -0.15) is 0 Å². The monoisotopic (exact) mass is 243 g/mol. The Morgan fingerprint density at radius 1 is 1.41 bits per heavy atom. The number of unbranched alkanes of at least 4 members (excludes halogenated alkanes) is 1. The third-order valence-corrected chi connectivity index (χ3v) is 3.00. The summed E-state index contributed by atoms with van der Waals surface area (Å²) >= 11 is 0. The van der Waals surface area contributed by atoms with E-state index in [9.17, 15) is 4.79 Å². The minimum Gasteiger partial charge on any atom is -0.379 e. The second-order valence-electron chi connectivity index (χ2n) is 4.46. The van der Waals surface area contributed by atoms with Gasteiger partial charge < -0.3 is 15.0 Å². The third kappa shape index (κ3) is 5.89. The topological polar surface area (TPSA) is 44.8 Å². The highest BCUT2D eigenvalue weighted by Crippen LogP contribution is 1.95. The molecule has 0 spiro atoms. The van der Waals surface area contributed by atoms with Gasteiger partial charge in [0.15, 0.2) is 0 Å². The Hall–Kier alpha value is -0.810. The maximum Gasteiger partial charge on any atom is 0.317 e. The average Bonchev–Trinajstić information content (AvgIpc) is 2.37. The van der Waals surface area contributed by atoms with Crippen LogP contribution in [0.1, 0.15) is 19.8 Å². The van der Waals surface area contributed by atoms with E-state index in [2.05, 4.69) is 17.1 Å². The van der Waals surface area contributed by atoms with Crippen molar-refractivity contribution in [1.82, 2.24) is 15.1 Å². The van der Waals surface area contributed by atoms with Crippen LogP contribution >= 0.6 is 0 Å². The number of urea groups is 1. The summed E-state index contributed by atoms with van der Waals surface area (Å²) in [4.78, 5) is 15.7. The van der Waals surface area contributed by atoms with Crippen molar-refractivity contribution in [2.24, 2.45) is 0 Å². The van der Waals surface area contributed by atoms with E-state index in [0.29, 0.717) is 0 Å². The molecule has 1 aliphatic heterocycles. The van der Waals surface area contributed by atoms with Crippen molar-refractivity contribution in [3.63, 3.8) is 0 Å².